The quantitative estimate of drug-likeness (QED) is 0.754. The molecule has 14 heavy (non-hydrogen) atoms. The molecule has 0 aromatic carbocycles. The zero-order valence-electron chi connectivity index (χ0n) is 8.57. The van der Waals surface area contributed by atoms with E-state index >= 15 is 0 Å². The first-order chi connectivity index (χ1) is 6.50. The summed E-state index contributed by atoms with van der Waals surface area (Å²) in [7, 11) is 0. The third kappa shape index (κ3) is 2.56. The predicted molar refractivity (Wildman–Crippen MR) is 52.7 cm³/mol. The minimum atomic E-state index is -0.521. The Morgan fingerprint density at radius 2 is 2.29 bits per heavy atom. The molecule has 5 heteroatoms. The standard InChI is InChI=1S/C9H15N3O2/c1-5(2)8(10)9(13)11-7-4-6(3)14-12-7/h4-5,8H,10H2,1-3H3,(H,11,12,13)/t8-/m1/s1. The van der Waals surface area contributed by atoms with E-state index in [4.69, 9.17) is 10.3 Å². The SMILES string of the molecule is Cc1cc(NC(=O)[C@H](N)C(C)C)no1. The molecule has 0 spiro atoms. The molecule has 0 radical (unpaired) electrons. The molecular weight excluding hydrogens is 182 g/mol. The number of aromatic nitrogens is 1. The van der Waals surface area contributed by atoms with Gasteiger partial charge >= 0.3 is 0 Å². The van der Waals surface area contributed by atoms with Gasteiger partial charge in [0.25, 0.3) is 0 Å². The molecule has 0 unspecified atom stereocenters. The van der Waals surface area contributed by atoms with Gasteiger partial charge in [0, 0.05) is 6.07 Å². The number of amides is 1. The van der Waals surface area contributed by atoms with Crippen molar-refractivity contribution in [3.8, 4) is 0 Å². The smallest absolute Gasteiger partial charge is 0.242 e. The summed E-state index contributed by atoms with van der Waals surface area (Å²) in [6.07, 6.45) is 0. The molecule has 1 amide bonds. The van der Waals surface area contributed by atoms with Gasteiger partial charge in [0.1, 0.15) is 5.76 Å². The number of hydrogen-bond acceptors (Lipinski definition) is 4. The van der Waals surface area contributed by atoms with Gasteiger partial charge in [0.15, 0.2) is 5.82 Å². The normalized spacial score (nSPS) is 12.9. The third-order valence-corrected chi connectivity index (χ3v) is 1.90. The third-order valence-electron chi connectivity index (χ3n) is 1.90. The fourth-order valence-electron chi connectivity index (χ4n) is 0.938. The van der Waals surface area contributed by atoms with Crippen LogP contribution in [0, 0.1) is 12.8 Å². The second-order valence-corrected chi connectivity index (χ2v) is 3.58. The summed E-state index contributed by atoms with van der Waals surface area (Å²) in [6.45, 7) is 5.53. The molecule has 1 rings (SSSR count). The van der Waals surface area contributed by atoms with Crippen molar-refractivity contribution in [2.45, 2.75) is 26.8 Å². The monoisotopic (exact) mass is 197 g/mol. The summed E-state index contributed by atoms with van der Waals surface area (Å²) in [5, 5.41) is 6.21. The highest BCUT2D eigenvalue weighted by atomic mass is 16.5. The van der Waals surface area contributed by atoms with Crippen LogP contribution in [0.3, 0.4) is 0 Å². The fraction of sp³-hybridized carbons (Fsp3) is 0.556. The number of carbonyl (C=O) groups is 1. The van der Waals surface area contributed by atoms with E-state index in [1.165, 1.54) is 0 Å². The lowest BCUT2D eigenvalue weighted by Crippen LogP contribution is -2.39. The second kappa shape index (κ2) is 4.23. The molecule has 78 valence electrons. The van der Waals surface area contributed by atoms with Gasteiger partial charge in [0.2, 0.25) is 5.91 Å². The van der Waals surface area contributed by atoms with Gasteiger partial charge in [-0.05, 0) is 12.8 Å². The van der Waals surface area contributed by atoms with E-state index in [1.807, 2.05) is 13.8 Å². The van der Waals surface area contributed by atoms with Crippen molar-refractivity contribution in [3.05, 3.63) is 11.8 Å². The van der Waals surface area contributed by atoms with Crippen molar-refractivity contribution < 1.29 is 9.32 Å². The van der Waals surface area contributed by atoms with Gasteiger partial charge in [-0.1, -0.05) is 19.0 Å². The van der Waals surface area contributed by atoms with Crippen molar-refractivity contribution >= 4 is 11.7 Å². The molecule has 5 nitrogen and oxygen atoms in total. The van der Waals surface area contributed by atoms with Crippen molar-refractivity contribution in [1.29, 1.82) is 0 Å². The Bertz CT molecular complexity index is 320. The van der Waals surface area contributed by atoms with Crippen molar-refractivity contribution in [1.82, 2.24) is 5.16 Å². The molecule has 1 heterocycles. The molecule has 3 N–H and O–H groups in total. The lowest BCUT2D eigenvalue weighted by atomic mass is 10.1. The van der Waals surface area contributed by atoms with Crippen LogP contribution in [0.2, 0.25) is 0 Å². The lowest BCUT2D eigenvalue weighted by molar-refractivity contribution is -0.118. The van der Waals surface area contributed by atoms with Crippen LogP contribution >= 0.6 is 0 Å². The van der Waals surface area contributed by atoms with Crippen molar-refractivity contribution in [3.63, 3.8) is 0 Å². The first-order valence-electron chi connectivity index (χ1n) is 4.50. The molecule has 0 aliphatic heterocycles. The van der Waals surface area contributed by atoms with E-state index < -0.39 is 6.04 Å². The van der Waals surface area contributed by atoms with Crippen LogP contribution in [-0.4, -0.2) is 17.1 Å². The number of aryl methyl sites for hydroxylation is 1. The number of hydrogen-bond donors (Lipinski definition) is 2. The highest BCUT2D eigenvalue weighted by molar-refractivity contribution is 5.93. The number of nitrogens with two attached hydrogens (primary N) is 1. The van der Waals surface area contributed by atoms with Gasteiger partial charge in [-0.15, -0.1) is 0 Å². The van der Waals surface area contributed by atoms with Gasteiger partial charge in [-0.25, -0.2) is 0 Å². The topological polar surface area (TPSA) is 81.2 Å². The molecule has 0 fully saturated rings. The molecule has 0 bridgehead atoms. The number of nitrogens with zero attached hydrogens (tertiary/aromatic N) is 1. The molecular formula is C9H15N3O2. The maximum Gasteiger partial charge on any atom is 0.242 e. The van der Waals surface area contributed by atoms with E-state index in [0.29, 0.717) is 11.6 Å². The summed E-state index contributed by atoms with van der Waals surface area (Å²) >= 11 is 0. The predicted octanol–water partition coefficient (Wildman–Crippen LogP) is 0.905. The maximum absolute atomic E-state index is 11.4. The summed E-state index contributed by atoms with van der Waals surface area (Å²) in [6, 6.07) is 1.12. The van der Waals surface area contributed by atoms with Crippen LogP contribution in [0.5, 0.6) is 0 Å². The molecule has 0 saturated carbocycles. The van der Waals surface area contributed by atoms with Crippen LogP contribution in [0.1, 0.15) is 19.6 Å². The van der Waals surface area contributed by atoms with Crippen LogP contribution in [0.4, 0.5) is 5.82 Å². The molecule has 1 atom stereocenters. The highest BCUT2D eigenvalue weighted by Crippen LogP contribution is 2.08. The van der Waals surface area contributed by atoms with Gasteiger partial charge in [-0.3, -0.25) is 4.79 Å². The molecule has 0 aliphatic carbocycles. The number of anilines is 1. The van der Waals surface area contributed by atoms with E-state index in [0.717, 1.165) is 0 Å². The number of nitrogens with one attached hydrogen (secondary N) is 1. The Kier molecular flexibility index (Phi) is 3.24. The van der Waals surface area contributed by atoms with E-state index in [2.05, 4.69) is 10.5 Å². The zero-order chi connectivity index (χ0) is 10.7. The fourth-order valence-corrected chi connectivity index (χ4v) is 0.938. The zero-order valence-corrected chi connectivity index (χ0v) is 8.57. The minimum Gasteiger partial charge on any atom is -0.360 e. The average molecular weight is 197 g/mol. The largest absolute Gasteiger partial charge is 0.360 e. The van der Waals surface area contributed by atoms with Crippen LogP contribution in [0.15, 0.2) is 10.6 Å². The van der Waals surface area contributed by atoms with Gasteiger partial charge in [0.05, 0.1) is 6.04 Å². The molecule has 0 aliphatic rings. The molecule has 1 aromatic heterocycles. The summed E-state index contributed by atoms with van der Waals surface area (Å²) < 4.78 is 4.80. The van der Waals surface area contributed by atoms with Crippen LogP contribution in [0.25, 0.3) is 0 Å². The number of rotatable bonds is 3. The molecule has 0 saturated heterocycles. The first kappa shape index (κ1) is 10.7. The maximum atomic E-state index is 11.4. The second-order valence-electron chi connectivity index (χ2n) is 3.58. The lowest BCUT2D eigenvalue weighted by Gasteiger charge is -2.13. The van der Waals surface area contributed by atoms with Gasteiger partial charge < -0.3 is 15.6 Å². The Morgan fingerprint density at radius 1 is 1.64 bits per heavy atom. The first-order valence-corrected chi connectivity index (χ1v) is 4.50. The highest BCUT2D eigenvalue weighted by Gasteiger charge is 2.18. The minimum absolute atomic E-state index is 0.1000. The van der Waals surface area contributed by atoms with E-state index in [1.54, 1.807) is 13.0 Å². The number of carbonyl (C=O) groups excluding carboxylic acids is 1. The Balaban J connectivity index is 2.57. The van der Waals surface area contributed by atoms with Crippen molar-refractivity contribution in [2.24, 2.45) is 11.7 Å². The summed E-state index contributed by atoms with van der Waals surface area (Å²) in [5.41, 5.74) is 5.64. The average Bonchev–Trinajstić information content (AvgIpc) is 2.49. The Labute approximate surface area is 82.6 Å². The van der Waals surface area contributed by atoms with E-state index in [9.17, 15) is 4.79 Å². The van der Waals surface area contributed by atoms with Crippen LogP contribution < -0.4 is 11.1 Å². The van der Waals surface area contributed by atoms with Crippen molar-refractivity contribution in [2.75, 3.05) is 5.32 Å². The summed E-state index contributed by atoms with van der Waals surface area (Å²) in [5.74, 6) is 0.915. The molecule has 1 aromatic rings. The summed E-state index contributed by atoms with van der Waals surface area (Å²) in [4.78, 5) is 11.4. The van der Waals surface area contributed by atoms with Crippen LogP contribution in [-0.2, 0) is 4.79 Å². The Morgan fingerprint density at radius 3 is 2.71 bits per heavy atom. The van der Waals surface area contributed by atoms with Gasteiger partial charge in [-0.2, -0.15) is 0 Å². The van der Waals surface area contributed by atoms with E-state index in [-0.39, 0.29) is 11.8 Å². The Hall–Kier alpha value is -1.36.